The summed E-state index contributed by atoms with van der Waals surface area (Å²) in [5.41, 5.74) is 1.02. The molecule has 0 radical (unpaired) electrons. The number of ether oxygens (including phenoxy) is 2. The first-order valence-corrected chi connectivity index (χ1v) is 8.52. The number of hydrogen-bond donors (Lipinski definition) is 1. The lowest BCUT2D eigenvalue weighted by Gasteiger charge is -2.13. The van der Waals surface area contributed by atoms with Gasteiger partial charge in [0.1, 0.15) is 18.2 Å². The van der Waals surface area contributed by atoms with Gasteiger partial charge in [-0.05, 0) is 71.2 Å². The van der Waals surface area contributed by atoms with Crippen LogP contribution in [0.3, 0.4) is 0 Å². The maximum Gasteiger partial charge on any atom is 0.255 e. The highest BCUT2D eigenvalue weighted by atomic mass is 79.9. The fourth-order valence-corrected chi connectivity index (χ4v) is 2.95. The Morgan fingerprint density at radius 1 is 1.29 bits per heavy atom. The highest BCUT2D eigenvalue weighted by Gasteiger charge is 2.17. The summed E-state index contributed by atoms with van der Waals surface area (Å²) in [4.78, 5) is 12.2. The highest BCUT2D eigenvalue weighted by Crippen LogP contribution is 2.27. The van der Waals surface area contributed by atoms with E-state index in [-0.39, 0.29) is 17.8 Å². The van der Waals surface area contributed by atoms with E-state index < -0.39 is 0 Å². The first-order valence-electron chi connectivity index (χ1n) is 7.73. The van der Waals surface area contributed by atoms with Crippen LogP contribution in [0.25, 0.3) is 0 Å². The molecule has 1 aliphatic heterocycles. The maximum atomic E-state index is 12.9. The summed E-state index contributed by atoms with van der Waals surface area (Å²) in [5, 5.41) is 2.72. The number of benzene rings is 2. The Morgan fingerprint density at radius 2 is 2.08 bits per heavy atom. The van der Waals surface area contributed by atoms with E-state index in [1.165, 1.54) is 24.3 Å². The molecule has 1 aliphatic rings. The Hall–Kier alpha value is -1.92. The van der Waals surface area contributed by atoms with Gasteiger partial charge >= 0.3 is 0 Å². The van der Waals surface area contributed by atoms with Crippen molar-refractivity contribution in [2.75, 3.05) is 18.5 Å². The van der Waals surface area contributed by atoms with E-state index in [0.717, 1.165) is 19.4 Å². The lowest BCUT2D eigenvalue weighted by molar-refractivity contribution is 0.0677. The van der Waals surface area contributed by atoms with Crippen LogP contribution in [0.5, 0.6) is 5.75 Å². The van der Waals surface area contributed by atoms with E-state index in [0.29, 0.717) is 28.1 Å². The molecule has 2 aromatic rings. The molecule has 2 aromatic carbocycles. The van der Waals surface area contributed by atoms with Crippen molar-refractivity contribution in [3.63, 3.8) is 0 Å². The second-order valence-corrected chi connectivity index (χ2v) is 6.41. The molecule has 0 aliphatic carbocycles. The first kappa shape index (κ1) is 16.9. The lowest BCUT2D eigenvalue weighted by atomic mass is 10.2. The summed E-state index contributed by atoms with van der Waals surface area (Å²) >= 11 is 3.42. The van der Waals surface area contributed by atoms with Crippen molar-refractivity contribution >= 4 is 27.5 Å². The Bertz CT molecular complexity index is 715. The average molecular weight is 394 g/mol. The monoisotopic (exact) mass is 393 g/mol. The highest BCUT2D eigenvalue weighted by molar-refractivity contribution is 9.10. The summed E-state index contributed by atoms with van der Waals surface area (Å²) in [6.07, 6.45) is 2.21. The third-order valence-electron chi connectivity index (χ3n) is 3.74. The molecule has 0 bridgehead atoms. The van der Waals surface area contributed by atoms with E-state index in [1.807, 2.05) is 0 Å². The van der Waals surface area contributed by atoms with Crippen molar-refractivity contribution < 1.29 is 18.7 Å². The largest absolute Gasteiger partial charge is 0.490 e. The number of nitrogens with one attached hydrogen (secondary N) is 1. The SMILES string of the molecule is O=C(Nc1ccc(F)cc1)c1ccc(OCC2CCCO2)c(Br)c1. The number of rotatable bonds is 5. The molecule has 1 amide bonds. The molecule has 1 unspecified atom stereocenters. The van der Waals surface area contributed by atoms with Crippen LogP contribution >= 0.6 is 15.9 Å². The molecule has 0 saturated carbocycles. The van der Waals surface area contributed by atoms with Gasteiger partial charge in [-0.1, -0.05) is 0 Å². The number of halogens is 2. The number of carbonyl (C=O) groups is 1. The van der Waals surface area contributed by atoms with Gasteiger partial charge in [0.25, 0.3) is 5.91 Å². The van der Waals surface area contributed by atoms with Crippen LogP contribution in [0.4, 0.5) is 10.1 Å². The second kappa shape index (κ2) is 7.77. The summed E-state index contributed by atoms with van der Waals surface area (Å²) < 4.78 is 24.9. The second-order valence-electron chi connectivity index (χ2n) is 5.55. The normalized spacial score (nSPS) is 16.8. The van der Waals surface area contributed by atoms with Gasteiger partial charge in [0.05, 0.1) is 10.6 Å². The molecule has 1 fully saturated rings. The van der Waals surface area contributed by atoms with Crippen molar-refractivity contribution in [2.24, 2.45) is 0 Å². The molecule has 1 heterocycles. The van der Waals surface area contributed by atoms with Crippen molar-refractivity contribution in [2.45, 2.75) is 18.9 Å². The van der Waals surface area contributed by atoms with Crippen molar-refractivity contribution in [1.82, 2.24) is 0 Å². The van der Waals surface area contributed by atoms with E-state index >= 15 is 0 Å². The number of amides is 1. The summed E-state index contributed by atoms with van der Waals surface area (Å²) in [6.45, 7) is 1.29. The molecule has 0 spiro atoms. The van der Waals surface area contributed by atoms with Gasteiger partial charge in [-0.3, -0.25) is 4.79 Å². The molecule has 3 rings (SSSR count). The maximum absolute atomic E-state index is 12.9. The van der Waals surface area contributed by atoms with Crippen LogP contribution in [0.2, 0.25) is 0 Å². The van der Waals surface area contributed by atoms with Crippen molar-refractivity contribution in [1.29, 1.82) is 0 Å². The van der Waals surface area contributed by atoms with Crippen LogP contribution in [0.15, 0.2) is 46.9 Å². The fraction of sp³-hybridized carbons (Fsp3) is 0.278. The van der Waals surface area contributed by atoms with Crippen LogP contribution in [0.1, 0.15) is 23.2 Å². The van der Waals surface area contributed by atoms with Crippen LogP contribution < -0.4 is 10.1 Å². The molecule has 24 heavy (non-hydrogen) atoms. The summed E-state index contributed by atoms with van der Waals surface area (Å²) in [5.74, 6) is 0.0558. The van der Waals surface area contributed by atoms with E-state index in [9.17, 15) is 9.18 Å². The first-order chi connectivity index (χ1) is 11.6. The van der Waals surface area contributed by atoms with E-state index in [1.54, 1.807) is 18.2 Å². The lowest BCUT2D eigenvalue weighted by Crippen LogP contribution is -2.16. The van der Waals surface area contributed by atoms with Crippen LogP contribution in [0, 0.1) is 5.82 Å². The van der Waals surface area contributed by atoms with Gasteiger partial charge < -0.3 is 14.8 Å². The Balaban J connectivity index is 1.62. The predicted molar refractivity (Wildman–Crippen MR) is 93.0 cm³/mol. The standard InChI is InChI=1S/C18H17BrFNO3/c19-16-10-12(18(22)21-14-6-4-13(20)5-7-14)3-8-17(16)24-11-15-2-1-9-23-15/h3-8,10,15H,1-2,9,11H2,(H,21,22). The van der Waals surface area contributed by atoms with Gasteiger partial charge in [0.15, 0.2) is 0 Å². The van der Waals surface area contributed by atoms with Gasteiger partial charge in [-0.15, -0.1) is 0 Å². The molecule has 1 N–H and O–H groups in total. The summed E-state index contributed by atoms with van der Waals surface area (Å²) in [6, 6.07) is 10.8. The molecule has 6 heteroatoms. The molecule has 126 valence electrons. The Labute approximate surface area is 148 Å². The average Bonchev–Trinajstić information content (AvgIpc) is 3.09. The van der Waals surface area contributed by atoms with Gasteiger partial charge in [-0.25, -0.2) is 4.39 Å². The van der Waals surface area contributed by atoms with Crippen LogP contribution in [-0.2, 0) is 4.74 Å². The third-order valence-corrected chi connectivity index (χ3v) is 4.36. The molecule has 1 atom stereocenters. The van der Waals surface area contributed by atoms with Crippen molar-refractivity contribution in [3.8, 4) is 5.75 Å². The zero-order chi connectivity index (χ0) is 16.9. The Kier molecular flexibility index (Phi) is 5.48. The van der Waals surface area contributed by atoms with E-state index in [4.69, 9.17) is 9.47 Å². The zero-order valence-electron chi connectivity index (χ0n) is 12.9. The molecule has 4 nitrogen and oxygen atoms in total. The molecular formula is C18H17BrFNO3. The minimum Gasteiger partial charge on any atom is -0.490 e. The van der Waals surface area contributed by atoms with E-state index in [2.05, 4.69) is 21.2 Å². The zero-order valence-corrected chi connectivity index (χ0v) is 14.5. The molecular weight excluding hydrogens is 377 g/mol. The predicted octanol–water partition coefficient (Wildman–Crippen LogP) is 4.40. The van der Waals surface area contributed by atoms with Gasteiger partial charge in [0, 0.05) is 17.9 Å². The molecule has 1 saturated heterocycles. The number of carbonyl (C=O) groups excluding carboxylic acids is 1. The number of anilines is 1. The minimum absolute atomic E-state index is 0.137. The minimum atomic E-state index is -0.344. The smallest absolute Gasteiger partial charge is 0.255 e. The quantitative estimate of drug-likeness (QED) is 0.818. The van der Waals surface area contributed by atoms with Gasteiger partial charge in [0.2, 0.25) is 0 Å². The fourth-order valence-electron chi connectivity index (χ4n) is 2.45. The molecule has 0 aromatic heterocycles. The summed E-state index contributed by atoms with van der Waals surface area (Å²) in [7, 11) is 0. The third kappa shape index (κ3) is 4.33. The topological polar surface area (TPSA) is 47.6 Å². The van der Waals surface area contributed by atoms with Crippen LogP contribution in [-0.4, -0.2) is 25.2 Å². The van der Waals surface area contributed by atoms with Gasteiger partial charge in [-0.2, -0.15) is 0 Å². The number of hydrogen-bond acceptors (Lipinski definition) is 3. The Morgan fingerprint density at radius 3 is 2.75 bits per heavy atom. The van der Waals surface area contributed by atoms with Crippen molar-refractivity contribution in [3.05, 3.63) is 58.3 Å².